The molecule has 0 saturated carbocycles. The molecule has 1 nitrogen and oxygen atoms in total. The highest BCUT2D eigenvalue weighted by molar-refractivity contribution is 5.19. The minimum atomic E-state index is 0.686. The van der Waals surface area contributed by atoms with E-state index in [0.717, 1.165) is 0 Å². The van der Waals surface area contributed by atoms with Gasteiger partial charge in [-0.25, -0.2) is 0 Å². The molecule has 13 heavy (non-hydrogen) atoms. The molecule has 0 radical (unpaired) electrons. The van der Waals surface area contributed by atoms with Crippen LogP contribution in [-0.2, 0) is 0 Å². The lowest BCUT2D eigenvalue weighted by Gasteiger charge is -2.22. The topological polar surface area (TPSA) is 3.24 Å². The predicted molar refractivity (Wildman–Crippen MR) is 55.7 cm³/mol. The number of nitrogens with zero attached hydrogens (tertiary/aromatic N) is 1. The van der Waals surface area contributed by atoms with Gasteiger partial charge in [-0.3, -0.25) is 4.90 Å². The van der Waals surface area contributed by atoms with Crippen LogP contribution in [0.2, 0.25) is 0 Å². The number of hydrogen-bond acceptors (Lipinski definition) is 1. The van der Waals surface area contributed by atoms with Gasteiger partial charge in [0.05, 0.1) is 0 Å². The molecule has 1 aliphatic rings. The van der Waals surface area contributed by atoms with Gasteiger partial charge in [0.25, 0.3) is 0 Å². The molecule has 1 fully saturated rings. The van der Waals surface area contributed by atoms with Crippen LogP contribution >= 0.6 is 0 Å². The molecule has 1 heterocycles. The van der Waals surface area contributed by atoms with Crippen molar-refractivity contribution in [3.63, 3.8) is 0 Å². The van der Waals surface area contributed by atoms with Crippen molar-refractivity contribution < 1.29 is 0 Å². The average Bonchev–Trinajstić information content (AvgIpc) is 2.67. The maximum Gasteiger partial charge on any atom is 0.0348 e. The van der Waals surface area contributed by atoms with Crippen molar-refractivity contribution in [2.24, 2.45) is 0 Å². The third kappa shape index (κ3) is 1.75. The van der Waals surface area contributed by atoms with Crippen LogP contribution in [-0.4, -0.2) is 18.0 Å². The van der Waals surface area contributed by atoms with Crippen molar-refractivity contribution in [1.82, 2.24) is 4.90 Å². The zero-order chi connectivity index (χ0) is 9.10. The summed E-state index contributed by atoms with van der Waals surface area (Å²) in [5.41, 5.74) is 1.49. The summed E-state index contributed by atoms with van der Waals surface area (Å²) in [7, 11) is 0. The highest BCUT2D eigenvalue weighted by Crippen LogP contribution is 2.30. The largest absolute Gasteiger partial charge is 0.297 e. The lowest BCUT2D eigenvalue weighted by molar-refractivity contribution is 0.271. The first-order chi connectivity index (χ1) is 6.42. The summed E-state index contributed by atoms with van der Waals surface area (Å²) in [6, 6.07) is 11.6. The van der Waals surface area contributed by atoms with Gasteiger partial charge in [0, 0.05) is 6.04 Å². The highest BCUT2D eigenvalue weighted by atomic mass is 15.2. The molecule has 0 aromatic heterocycles. The molecule has 1 aromatic carbocycles. The fourth-order valence-corrected chi connectivity index (χ4v) is 2.26. The van der Waals surface area contributed by atoms with Crippen LogP contribution < -0.4 is 0 Å². The Hall–Kier alpha value is -0.820. The van der Waals surface area contributed by atoms with Crippen LogP contribution in [0.15, 0.2) is 30.3 Å². The van der Waals surface area contributed by atoms with Crippen molar-refractivity contribution in [2.45, 2.75) is 25.8 Å². The first-order valence-electron chi connectivity index (χ1n) is 5.21. The standard InChI is InChI=1S/C12H17N/c1-2-13-10-6-9-12(13)11-7-4-3-5-8-11/h3-5,7-8,12H,2,6,9-10H2,1H3/t12-/m1/s1. The fourth-order valence-electron chi connectivity index (χ4n) is 2.26. The summed E-state index contributed by atoms with van der Waals surface area (Å²) >= 11 is 0. The van der Waals surface area contributed by atoms with E-state index in [9.17, 15) is 0 Å². The molecule has 0 spiro atoms. The molecular weight excluding hydrogens is 158 g/mol. The third-order valence-electron chi connectivity index (χ3n) is 2.95. The zero-order valence-corrected chi connectivity index (χ0v) is 8.24. The normalized spacial score (nSPS) is 23.6. The van der Waals surface area contributed by atoms with Gasteiger partial charge in [0.15, 0.2) is 0 Å². The maximum atomic E-state index is 2.56. The van der Waals surface area contributed by atoms with Crippen LogP contribution in [0.5, 0.6) is 0 Å². The summed E-state index contributed by atoms with van der Waals surface area (Å²) in [4.78, 5) is 2.56. The molecule has 1 aromatic rings. The van der Waals surface area contributed by atoms with E-state index in [0.29, 0.717) is 6.04 Å². The highest BCUT2D eigenvalue weighted by Gasteiger charge is 2.23. The van der Waals surface area contributed by atoms with Crippen LogP contribution in [0.4, 0.5) is 0 Å². The lowest BCUT2D eigenvalue weighted by atomic mass is 10.1. The van der Waals surface area contributed by atoms with Crippen LogP contribution in [0.1, 0.15) is 31.4 Å². The van der Waals surface area contributed by atoms with E-state index in [2.05, 4.69) is 42.2 Å². The SMILES string of the molecule is CCN1CCC[C@@H]1c1ccccc1. The Morgan fingerprint density at radius 3 is 2.77 bits per heavy atom. The molecule has 0 N–H and O–H groups in total. The number of hydrogen-bond donors (Lipinski definition) is 0. The summed E-state index contributed by atoms with van der Waals surface area (Å²) in [5, 5.41) is 0. The second-order valence-corrected chi connectivity index (χ2v) is 3.70. The summed E-state index contributed by atoms with van der Waals surface area (Å²) in [6.45, 7) is 4.71. The first kappa shape index (κ1) is 8.76. The van der Waals surface area contributed by atoms with E-state index in [1.807, 2.05) is 0 Å². The van der Waals surface area contributed by atoms with Gasteiger partial charge in [0.1, 0.15) is 0 Å². The Balaban J connectivity index is 2.16. The van der Waals surface area contributed by atoms with Gasteiger partial charge in [-0.15, -0.1) is 0 Å². The summed E-state index contributed by atoms with van der Waals surface area (Å²) in [6.07, 6.45) is 2.69. The molecule has 0 unspecified atom stereocenters. The van der Waals surface area contributed by atoms with Crippen molar-refractivity contribution in [3.8, 4) is 0 Å². The molecule has 1 atom stereocenters. The quantitative estimate of drug-likeness (QED) is 0.668. The van der Waals surface area contributed by atoms with Gasteiger partial charge >= 0.3 is 0 Å². The van der Waals surface area contributed by atoms with Gasteiger partial charge < -0.3 is 0 Å². The Bertz CT molecular complexity index is 255. The van der Waals surface area contributed by atoms with Crippen molar-refractivity contribution in [3.05, 3.63) is 35.9 Å². The predicted octanol–water partition coefficient (Wildman–Crippen LogP) is 2.84. The van der Waals surface area contributed by atoms with E-state index in [1.54, 1.807) is 0 Å². The van der Waals surface area contributed by atoms with Gasteiger partial charge in [-0.1, -0.05) is 37.3 Å². The zero-order valence-electron chi connectivity index (χ0n) is 8.24. The summed E-state index contributed by atoms with van der Waals surface area (Å²) < 4.78 is 0. The molecular formula is C12H17N. The molecule has 0 bridgehead atoms. The smallest absolute Gasteiger partial charge is 0.0348 e. The molecule has 1 heteroatoms. The minimum absolute atomic E-state index is 0.686. The Labute approximate surface area is 80.4 Å². The van der Waals surface area contributed by atoms with Crippen LogP contribution in [0.3, 0.4) is 0 Å². The second-order valence-electron chi connectivity index (χ2n) is 3.70. The Kier molecular flexibility index (Phi) is 2.65. The molecule has 70 valence electrons. The van der Waals surface area contributed by atoms with Gasteiger partial charge in [-0.05, 0) is 31.5 Å². The first-order valence-corrected chi connectivity index (χ1v) is 5.21. The van der Waals surface area contributed by atoms with E-state index in [1.165, 1.54) is 31.5 Å². The summed E-state index contributed by atoms with van der Waals surface area (Å²) in [5.74, 6) is 0. The average molecular weight is 175 g/mol. The van der Waals surface area contributed by atoms with Crippen molar-refractivity contribution in [2.75, 3.05) is 13.1 Å². The van der Waals surface area contributed by atoms with E-state index < -0.39 is 0 Å². The Morgan fingerprint density at radius 2 is 2.08 bits per heavy atom. The fraction of sp³-hybridized carbons (Fsp3) is 0.500. The van der Waals surface area contributed by atoms with Crippen LogP contribution in [0, 0.1) is 0 Å². The van der Waals surface area contributed by atoms with E-state index in [4.69, 9.17) is 0 Å². The maximum absolute atomic E-state index is 2.56. The van der Waals surface area contributed by atoms with E-state index >= 15 is 0 Å². The van der Waals surface area contributed by atoms with Crippen molar-refractivity contribution >= 4 is 0 Å². The molecule has 2 rings (SSSR count). The monoisotopic (exact) mass is 175 g/mol. The minimum Gasteiger partial charge on any atom is -0.297 e. The van der Waals surface area contributed by atoms with Gasteiger partial charge in [0.2, 0.25) is 0 Å². The van der Waals surface area contributed by atoms with Crippen LogP contribution in [0.25, 0.3) is 0 Å². The lowest BCUT2D eigenvalue weighted by Crippen LogP contribution is -2.22. The van der Waals surface area contributed by atoms with Gasteiger partial charge in [-0.2, -0.15) is 0 Å². The molecule has 1 saturated heterocycles. The molecule has 0 amide bonds. The number of likely N-dealkylation sites (tertiary alicyclic amines) is 1. The molecule has 0 aliphatic carbocycles. The second kappa shape index (κ2) is 3.93. The molecule has 1 aliphatic heterocycles. The number of benzene rings is 1. The third-order valence-corrected chi connectivity index (χ3v) is 2.95. The van der Waals surface area contributed by atoms with Crippen molar-refractivity contribution in [1.29, 1.82) is 0 Å². The van der Waals surface area contributed by atoms with E-state index in [-0.39, 0.29) is 0 Å². The number of rotatable bonds is 2. The Morgan fingerprint density at radius 1 is 1.31 bits per heavy atom.